The van der Waals surface area contributed by atoms with Crippen LogP contribution in [0.25, 0.3) is 10.2 Å². The van der Waals surface area contributed by atoms with Crippen molar-refractivity contribution in [2.24, 2.45) is 0 Å². The van der Waals surface area contributed by atoms with E-state index in [9.17, 15) is 9.90 Å². The summed E-state index contributed by atoms with van der Waals surface area (Å²) >= 11 is 1.55. The first kappa shape index (κ1) is 12.0. The number of rotatable bonds is 4. The molecule has 0 saturated carbocycles. The Morgan fingerprint density at radius 1 is 1.41 bits per heavy atom. The summed E-state index contributed by atoms with van der Waals surface area (Å²) in [6, 6.07) is 1.89. The zero-order chi connectivity index (χ0) is 12.4. The molecule has 0 radical (unpaired) electrons. The highest BCUT2D eigenvalue weighted by Gasteiger charge is 2.15. The Morgan fingerprint density at radius 2 is 2.18 bits per heavy atom. The minimum atomic E-state index is -0.977. The van der Waals surface area contributed by atoms with Crippen LogP contribution >= 0.6 is 11.3 Å². The third kappa shape index (κ3) is 2.29. The van der Waals surface area contributed by atoms with E-state index in [0.29, 0.717) is 11.2 Å². The van der Waals surface area contributed by atoms with Crippen LogP contribution in [0.5, 0.6) is 0 Å². The zero-order valence-corrected chi connectivity index (χ0v) is 10.7. The molecule has 0 aromatic carbocycles. The smallest absolute Gasteiger partial charge is 0.355 e. The first-order valence-electron chi connectivity index (χ1n) is 5.68. The summed E-state index contributed by atoms with van der Waals surface area (Å²) < 4.78 is 0. The van der Waals surface area contributed by atoms with Gasteiger partial charge in [-0.1, -0.05) is 13.8 Å². The van der Waals surface area contributed by atoms with Crippen LogP contribution in [0, 0.1) is 0 Å². The van der Waals surface area contributed by atoms with Crippen molar-refractivity contribution in [2.45, 2.75) is 33.1 Å². The number of aromatic nitrogens is 2. The van der Waals surface area contributed by atoms with Crippen molar-refractivity contribution in [3.05, 3.63) is 22.5 Å². The van der Waals surface area contributed by atoms with Crippen LogP contribution in [0.3, 0.4) is 0 Å². The van der Waals surface area contributed by atoms with Gasteiger partial charge in [0.05, 0.1) is 0 Å². The Kier molecular flexibility index (Phi) is 3.38. The van der Waals surface area contributed by atoms with E-state index in [1.807, 2.05) is 19.9 Å². The second-order valence-electron chi connectivity index (χ2n) is 3.83. The van der Waals surface area contributed by atoms with Crippen LogP contribution in [0.2, 0.25) is 0 Å². The SMILES string of the molecule is CCCc1nc(C(=O)O)c2cc(CC)sc2n1. The first-order chi connectivity index (χ1) is 8.15. The Morgan fingerprint density at radius 3 is 2.76 bits per heavy atom. The van der Waals surface area contributed by atoms with Gasteiger partial charge in [-0.3, -0.25) is 0 Å². The summed E-state index contributed by atoms with van der Waals surface area (Å²) in [4.78, 5) is 21.7. The van der Waals surface area contributed by atoms with E-state index in [4.69, 9.17) is 0 Å². The standard InChI is InChI=1S/C12H14N2O2S/c1-3-5-9-13-10(12(15)16)8-6-7(4-2)17-11(8)14-9/h6H,3-5H2,1-2H3,(H,15,16). The fourth-order valence-electron chi connectivity index (χ4n) is 1.69. The molecule has 2 aromatic rings. The molecule has 0 aliphatic rings. The number of aryl methyl sites for hydroxylation is 2. The van der Waals surface area contributed by atoms with Gasteiger partial charge >= 0.3 is 5.97 Å². The molecule has 0 amide bonds. The second-order valence-corrected chi connectivity index (χ2v) is 4.94. The van der Waals surface area contributed by atoms with Gasteiger partial charge in [0.1, 0.15) is 10.7 Å². The Hall–Kier alpha value is -1.49. The lowest BCUT2D eigenvalue weighted by Gasteiger charge is -2.00. The number of hydrogen-bond donors (Lipinski definition) is 1. The Labute approximate surface area is 103 Å². The summed E-state index contributed by atoms with van der Waals surface area (Å²) in [6.07, 6.45) is 2.52. The van der Waals surface area contributed by atoms with Gasteiger partial charge in [0.25, 0.3) is 0 Å². The molecule has 2 rings (SSSR count). The van der Waals surface area contributed by atoms with Gasteiger partial charge in [-0.2, -0.15) is 0 Å². The van der Waals surface area contributed by atoms with Gasteiger partial charge in [0.15, 0.2) is 5.69 Å². The highest BCUT2D eigenvalue weighted by molar-refractivity contribution is 7.18. The van der Waals surface area contributed by atoms with Crippen molar-refractivity contribution in [3.8, 4) is 0 Å². The summed E-state index contributed by atoms with van der Waals surface area (Å²) in [5.41, 5.74) is 0.134. The topological polar surface area (TPSA) is 63.1 Å². The average molecular weight is 250 g/mol. The van der Waals surface area contributed by atoms with E-state index in [1.165, 1.54) is 0 Å². The first-order valence-corrected chi connectivity index (χ1v) is 6.50. The maximum atomic E-state index is 11.2. The quantitative estimate of drug-likeness (QED) is 0.906. The fraction of sp³-hybridized carbons (Fsp3) is 0.417. The molecule has 0 unspecified atom stereocenters. The van der Waals surface area contributed by atoms with E-state index < -0.39 is 5.97 Å². The molecule has 0 spiro atoms. The van der Waals surface area contributed by atoms with E-state index in [-0.39, 0.29) is 5.69 Å². The van der Waals surface area contributed by atoms with Gasteiger partial charge in [-0.25, -0.2) is 14.8 Å². The molecule has 90 valence electrons. The zero-order valence-electron chi connectivity index (χ0n) is 9.86. The van der Waals surface area contributed by atoms with Crippen LogP contribution in [0.4, 0.5) is 0 Å². The minimum absolute atomic E-state index is 0.134. The van der Waals surface area contributed by atoms with Gasteiger partial charge < -0.3 is 5.11 Å². The number of carboxylic acid groups (broad SMARTS) is 1. The predicted octanol–water partition coefficient (Wildman–Crippen LogP) is 2.90. The molecule has 0 saturated heterocycles. The third-order valence-electron chi connectivity index (χ3n) is 2.51. The Balaban J connectivity index is 2.65. The number of thiophene rings is 1. The van der Waals surface area contributed by atoms with Gasteiger partial charge in [-0.05, 0) is 18.9 Å². The lowest BCUT2D eigenvalue weighted by atomic mass is 10.2. The van der Waals surface area contributed by atoms with Crippen molar-refractivity contribution in [2.75, 3.05) is 0 Å². The third-order valence-corrected chi connectivity index (χ3v) is 3.69. The van der Waals surface area contributed by atoms with Crippen molar-refractivity contribution in [3.63, 3.8) is 0 Å². The molecule has 0 bridgehead atoms. The summed E-state index contributed by atoms with van der Waals surface area (Å²) in [7, 11) is 0. The number of carboxylic acids is 1. The maximum absolute atomic E-state index is 11.2. The highest BCUT2D eigenvalue weighted by Crippen LogP contribution is 2.26. The van der Waals surface area contributed by atoms with Crippen LogP contribution in [0.1, 0.15) is 41.5 Å². The second kappa shape index (κ2) is 4.79. The molecule has 2 aromatic heterocycles. The molecule has 0 fully saturated rings. The monoisotopic (exact) mass is 250 g/mol. The molecule has 4 nitrogen and oxygen atoms in total. The number of carbonyl (C=O) groups is 1. The van der Waals surface area contributed by atoms with E-state index in [1.54, 1.807) is 11.3 Å². The van der Waals surface area contributed by atoms with Crippen molar-refractivity contribution in [1.82, 2.24) is 9.97 Å². The van der Waals surface area contributed by atoms with Gasteiger partial charge in [0.2, 0.25) is 0 Å². The lowest BCUT2D eigenvalue weighted by Crippen LogP contribution is -2.05. The summed E-state index contributed by atoms with van der Waals surface area (Å²) in [5.74, 6) is -0.350. The fourth-order valence-corrected chi connectivity index (χ4v) is 2.67. The van der Waals surface area contributed by atoms with Crippen LogP contribution in [-0.4, -0.2) is 21.0 Å². The van der Waals surface area contributed by atoms with Gasteiger partial charge in [0, 0.05) is 16.7 Å². The molecule has 0 aliphatic heterocycles. The van der Waals surface area contributed by atoms with Gasteiger partial charge in [-0.15, -0.1) is 11.3 Å². The van der Waals surface area contributed by atoms with Crippen molar-refractivity contribution < 1.29 is 9.90 Å². The van der Waals surface area contributed by atoms with Crippen molar-refractivity contribution in [1.29, 1.82) is 0 Å². The van der Waals surface area contributed by atoms with E-state index in [2.05, 4.69) is 9.97 Å². The predicted molar refractivity (Wildman–Crippen MR) is 67.7 cm³/mol. The van der Waals surface area contributed by atoms with Crippen molar-refractivity contribution >= 4 is 27.5 Å². The molecule has 1 N–H and O–H groups in total. The van der Waals surface area contributed by atoms with Crippen LogP contribution < -0.4 is 0 Å². The lowest BCUT2D eigenvalue weighted by molar-refractivity contribution is 0.0692. The van der Waals surface area contributed by atoms with E-state index >= 15 is 0 Å². The summed E-state index contributed by atoms with van der Waals surface area (Å²) in [6.45, 7) is 4.07. The highest BCUT2D eigenvalue weighted by atomic mass is 32.1. The number of fused-ring (bicyclic) bond motifs is 1. The number of hydrogen-bond acceptors (Lipinski definition) is 4. The normalized spacial score (nSPS) is 10.9. The summed E-state index contributed by atoms with van der Waals surface area (Å²) in [5, 5.41) is 9.84. The van der Waals surface area contributed by atoms with Crippen LogP contribution in [-0.2, 0) is 12.8 Å². The molecule has 0 aliphatic carbocycles. The van der Waals surface area contributed by atoms with Crippen LogP contribution in [0.15, 0.2) is 6.07 Å². The molecule has 5 heteroatoms. The molecule has 0 atom stereocenters. The molecular weight excluding hydrogens is 236 g/mol. The maximum Gasteiger partial charge on any atom is 0.355 e. The molecule has 17 heavy (non-hydrogen) atoms. The van der Waals surface area contributed by atoms with E-state index in [0.717, 1.165) is 29.0 Å². The minimum Gasteiger partial charge on any atom is -0.476 e. The number of aromatic carboxylic acids is 1. The number of nitrogens with zero attached hydrogens (tertiary/aromatic N) is 2. The average Bonchev–Trinajstić information content (AvgIpc) is 2.71. The molecule has 2 heterocycles. The molecular formula is C12H14N2O2S. The Bertz CT molecular complexity index is 563. The largest absolute Gasteiger partial charge is 0.476 e.